The van der Waals surface area contributed by atoms with Gasteiger partial charge in [-0.15, -0.1) is 0 Å². The van der Waals surface area contributed by atoms with E-state index in [1.165, 1.54) is 0 Å². The zero-order valence-electron chi connectivity index (χ0n) is 12.8. The molecule has 4 nitrogen and oxygen atoms in total. The molecule has 0 heterocycles. The van der Waals surface area contributed by atoms with Crippen molar-refractivity contribution in [3.63, 3.8) is 0 Å². The molecule has 1 fully saturated rings. The molecule has 1 saturated carbocycles. The highest BCUT2D eigenvalue weighted by Gasteiger charge is 2.26. The van der Waals surface area contributed by atoms with E-state index in [0.717, 1.165) is 49.7 Å². The Morgan fingerprint density at radius 1 is 1.20 bits per heavy atom. The molecule has 118 valence electrons. The van der Waals surface area contributed by atoms with Crippen molar-refractivity contribution in [2.24, 2.45) is 5.92 Å². The van der Waals surface area contributed by atoms with Crippen LogP contribution in [0.15, 0.2) is 0 Å². The van der Waals surface area contributed by atoms with Crippen LogP contribution in [-0.4, -0.2) is 35.5 Å². The number of hydrogen-bond acceptors (Lipinski definition) is 4. The molecule has 0 unspecified atom stereocenters. The second-order valence-corrected chi connectivity index (χ2v) is 7.42. The first-order chi connectivity index (χ1) is 9.40. The summed E-state index contributed by atoms with van der Waals surface area (Å²) in [6.07, 6.45) is 4.56. The number of rotatable bonds is 6. The first-order valence-corrected chi connectivity index (χ1v) is 8.96. The molecule has 0 saturated heterocycles. The van der Waals surface area contributed by atoms with Crippen molar-refractivity contribution in [2.45, 2.75) is 64.6 Å². The van der Waals surface area contributed by atoms with Crippen LogP contribution in [0.1, 0.15) is 52.9 Å². The topological polar surface area (TPSA) is 44.8 Å². The van der Waals surface area contributed by atoms with Gasteiger partial charge in [-0.05, 0) is 58.8 Å². The van der Waals surface area contributed by atoms with Gasteiger partial charge in [0.25, 0.3) is 0 Å². The molecule has 0 aromatic carbocycles. The Balaban J connectivity index is 2.14. The fourth-order valence-electron chi connectivity index (χ4n) is 2.23. The number of carbonyl (C=O) groups excluding carboxylic acids is 1. The van der Waals surface area contributed by atoms with E-state index >= 15 is 0 Å². The van der Waals surface area contributed by atoms with Crippen molar-refractivity contribution in [3.8, 4) is 0 Å². The minimum atomic E-state index is -0.542. The Morgan fingerprint density at radius 3 is 2.40 bits per heavy atom. The van der Waals surface area contributed by atoms with Crippen LogP contribution >= 0.6 is 22.6 Å². The summed E-state index contributed by atoms with van der Waals surface area (Å²) in [5.41, 5.74) is -0.485. The van der Waals surface area contributed by atoms with Gasteiger partial charge in [-0.2, -0.15) is 0 Å². The van der Waals surface area contributed by atoms with E-state index < -0.39 is 11.8 Å². The molecule has 1 aliphatic rings. The van der Waals surface area contributed by atoms with Gasteiger partial charge in [0.15, 0.2) is 0 Å². The molecule has 0 amide bonds. The summed E-state index contributed by atoms with van der Waals surface area (Å²) in [6.45, 7) is 7.24. The highest BCUT2D eigenvalue weighted by atomic mass is 127. The first-order valence-electron chi connectivity index (χ1n) is 7.44. The lowest BCUT2D eigenvalue weighted by Crippen LogP contribution is -2.30. The van der Waals surface area contributed by atoms with Gasteiger partial charge in [-0.3, -0.25) is 0 Å². The van der Waals surface area contributed by atoms with Gasteiger partial charge < -0.3 is 14.2 Å². The van der Waals surface area contributed by atoms with Crippen LogP contribution in [0.3, 0.4) is 0 Å². The molecule has 0 atom stereocenters. The fourth-order valence-corrected chi connectivity index (χ4v) is 2.54. The Bertz CT molecular complexity index is 280. The Kier molecular flexibility index (Phi) is 8.17. The summed E-state index contributed by atoms with van der Waals surface area (Å²) in [5.74, 6) is 0.614. The van der Waals surface area contributed by atoms with Crippen LogP contribution in [0.5, 0.6) is 0 Å². The Labute approximate surface area is 136 Å². The highest BCUT2D eigenvalue weighted by molar-refractivity contribution is 14.1. The summed E-state index contributed by atoms with van der Waals surface area (Å²) in [4.78, 5) is 11.6. The predicted molar refractivity (Wildman–Crippen MR) is 87.4 cm³/mol. The molecule has 20 heavy (non-hydrogen) atoms. The van der Waals surface area contributed by atoms with Crippen LogP contribution in [0.2, 0.25) is 0 Å². The van der Waals surface area contributed by atoms with Crippen LogP contribution in [0.4, 0.5) is 4.79 Å². The second-order valence-electron chi connectivity index (χ2n) is 6.34. The molecule has 0 aromatic heterocycles. The molecule has 5 heteroatoms. The Morgan fingerprint density at radius 2 is 1.85 bits per heavy atom. The minimum absolute atomic E-state index is 0.00967. The van der Waals surface area contributed by atoms with Crippen LogP contribution in [0.25, 0.3) is 0 Å². The molecule has 0 N–H and O–H groups in total. The summed E-state index contributed by atoms with van der Waals surface area (Å²) < 4.78 is 17.3. The average Bonchev–Trinajstić information content (AvgIpc) is 2.34. The zero-order valence-corrected chi connectivity index (χ0v) is 15.0. The van der Waals surface area contributed by atoms with Crippen molar-refractivity contribution in [1.82, 2.24) is 0 Å². The van der Waals surface area contributed by atoms with Gasteiger partial charge in [0.05, 0.1) is 0 Å². The molecule has 1 rings (SSSR count). The lowest BCUT2D eigenvalue weighted by molar-refractivity contribution is -0.0396. The molecule has 0 radical (unpaired) electrons. The monoisotopic (exact) mass is 398 g/mol. The molecule has 0 aliphatic heterocycles. The third kappa shape index (κ3) is 8.29. The largest absolute Gasteiger partial charge is 0.509 e. The smallest absolute Gasteiger partial charge is 0.431 e. The predicted octanol–water partition coefficient (Wildman–Crippen LogP) is 4.34. The molecular formula is C15H27IO4. The number of hydrogen-bond donors (Lipinski definition) is 0. The number of alkyl halides is 1. The fraction of sp³-hybridized carbons (Fsp3) is 0.933. The molecule has 0 aromatic rings. The molecule has 0 bridgehead atoms. The number of carbonyl (C=O) groups is 1. The Hall–Kier alpha value is -0.0400. The van der Waals surface area contributed by atoms with Crippen molar-refractivity contribution < 1.29 is 19.0 Å². The van der Waals surface area contributed by atoms with Gasteiger partial charge in [0.2, 0.25) is 0 Å². The van der Waals surface area contributed by atoms with Crippen molar-refractivity contribution in [3.05, 3.63) is 0 Å². The molecule has 0 spiro atoms. The highest BCUT2D eigenvalue weighted by Crippen LogP contribution is 2.27. The third-order valence-electron chi connectivity index (χ3n) is 3.22. The van der Waals surface area contributed by atoms with E-state index in [1.54, 1.807) is 0 Å². The SMILES string of the molecule is CC(C)(C)OC(=O)OC1CCC(COCCCI)CC1. The van der Waals surface area contributed by atoms with E-state index in [-0.39, 0.29) is 6.10 Å². The lowest BCUT2D eigenvalue weighted by atomic mass is 9.88. The first kappa shape index (κ1) is 18.0. The van der Waals surface area contributed by atoms with E-state index in [9.17, 15) is 4.79 Å². The van der Waals surface area contributed by atoms with Gasteiger partial charge >= 0.3 is 6.16 Å². The zero-order chi connectivity index (χ0) is 15.0. The maximum absolute atomic E-state index is 11.6. The maximum atomic E-state index is 11.6. The van der Waals surface area contributed by atoms with E-state index in [0.29, 0.717) is 5.92 Å². The van der Waals surface area contributed by atoms with E-state index in [4.69, 9.17) is 14.2 Å². The van der Waals surface area contributed by atoms with Crippen molar-refractivity contribution >= 4 is 28.7 Å². The third-order valence-corrected chi connectivity index (χ3v) is 3.98. The van der Waals surface area contributed by atoms with Gasteiger partial charge in [0.1, 0.15) is 11.7 Å². The van der Waals surface area contributed by atoms with E-state index in [2.05, 4.69) is 22.6 Å². The van der Waals surface area contributed by atoms with Crippen LogP contribution < -0.4 is 0 Å². The number of halogens is 1. The molecular weight excluding hydrogens is 371 g/mol. The van der Waals surface area contributed by atoms with Crippen LogP contribution in [0, 0.1) is 5.92 Å². The quantitative estimate of drug-likeness (QED) is 0.289. The normalized spacial score (nSPS) is 23.4. The number of ether oxygens (including phenoxy) is 3. The maximum Gasteiger partial charge on any atom is 0.509 e. The summed E-state index contributed by atoms with van der Waals surface area (Å²) >= 11 is 2.36. The van der Waals surface area contributed by atoms with Crippen LogP contribution in [-0.2, 0) is 14.2 Å². The minimum Gasteiger partial charge on any atom is -0.431 e. The standard InChI is InChI=1S/C15H27IO4/c1-15(2,3)20-14(17)19-13-7-5-12(6-8-13)11-18-10-4-9-16/h12-13H,4-11H2,1-3H3. The van der Waals surface area contributed by atoms with Crippen molar-refractivity contribution in [2.75, 3.05) is 17.6 Å². The van der Waals surface area contributed by atoms with Crippen molar-refractivity contribution in [1.29, 1.82) is 0 Å². The van der Waals surface area contributed by atoms with Gasteiger partial charge in [-0.1, -0.05) is 22.6 Å². The summed E-state index contributed by atoms with van der Waals surface area (Å²) in [7, 11) is 0. The molecule has 1 aliphatic carbocycles. The van der Waals surface area contributed by atoms with E-state index in [1.807, 2.05) is 20.8 Å². The van der Waals surface area contributed by atoms with Gasteiger partial charge in [-0.25, -0.2) is 4.79 Å². The second kappa shape index (κ2) is 9.07. The summed E-state index contributed by atoms with van der Waals surface area (Å²) in [6, 6.07) is 0. The average molecular weight is 398 g/mol. The lowest BCUT2D eigenvalue weighted by Gasteiger charge is -2.29. The van der Waals surface area contributed by atoms with Gasteiger partial charge in [0, 0.05) is 17.6 Å². The summed E-state index contributed by atoms with van der Waals surface area (Å²) in [5, 5.41) is 0.